The standard InChI is InChI=1S/C13H9N.K.H/c1-2-6-11-10(5-1)9-14-13-8-4-3-7-12(11)13;;/h1-9H;;. The molecular formula is C13H10KN. The Morgan fingerprint density at radius 2 is 1.40 bits per heavy atom. The fourth-order valence-corrected chi connectivity index (χ4v) is 1.81. The van der Waals surface area contributed by atoms with Crippen molar-refractivity contribution >= 4 is 73.1 Å². The Labute approximate surface area is 131 Å². The second-order valence-corrected chi connectivity index (χ2v) is 3.36. The Bertz CT molecular complexity index is 550. The Morgan fingerprint density at radius 3 is 2.27 bits per heavy atom. The van der Waals surface area contributed by atoms with Crippen LogP contribution in [0, 0.1) is 0 Å². The van der Waals surface area contributed by atoms with Gasteiger partial charge >= 0.3 is 51.4 Å². The third kappa shape index (κ3) is 2.01. The number of nitrogens with zero attached hydrogens (tertiary/aromatic N) is 1. The summed E-state index contributed by atoms with van der Waals surface area (Å²) in [5.41, 5.74) is 1.06. The first-order chi connectivity index (χ1) is 6.95. The van der Waals surface area contributed by atoms with Gasteiger partial charge in [0.15, 0.2) is 0 Å². The molecule has 0 aliphatic carbocycles. The van der Waals surface area contributed by atoms with E-state index in [0.29, 0.717) is 0 Å². The number of benzene rings is 2. The van der Waals surface area contributed by atoms with Gasteiger partial charge in [-0.1, -0.05) is 42.5 Å². The summed E-state index contributed by atoms with van der Waals surface area (Å²) in [7, 11) is 0. The number of hydrogen-bond donors (Lipinski definition) is 0. The molecular weight excluding hydrogens is 209 g/mol. The molecule has 0 fully saturated rings. The Balaban J connectivity index is 0.000000853. The summed E-state index contributed by atoms with van der Waals surface area (Å²) in [5, 5.41) is 3.70. The maximum atomic E-state index is 4.41. The number of rotatable bonds is 0. The number of para-hydroxylation sites is 1. The van der Waals surface area contributed by atoms with Gasteiger partial charge in [0.25, 0.3) is 0 Å². The molecule has 2 aromatic carbocycles. The van der Waals surface area contributed by atoms with Crippen LogP contribution in [0.15, 0.2) is 54.7 Å². The van der Waals surface area contributed by atoms with Gasteiger partial charge in [-0.15, -0.1) is 0 Å². The third-order valence-corrected chi connectivity index (χ3v) is 2.50. The Hall–Kier alpha value is -0.254. The number of hydrogen-bond acceptors (Lipinski definition) is 1. The molecule has 3 aromatic rings. The summed E-state index contributed by atoms with van der Waals surface area (Å²) < 4.78 is 0. The van der Waals surface area contributed by atoms with E-state index in [-0.39, 0.29) is 51.4 Å². The normalized spacial score (nSPS) is 10.1. The monoisotopic (exact) mass is 219 g/mol. The average molecular weight is 219 g/mol. The zero-order valence-corrected chi connectivity index (χ0v) is 7.64. The van der Waals surface area contributed by atoms with E-state index >= 15 is 0 Å². The van der Waals surface area contributed by atoms with Crippen molar-refractivity contribution < 1.29 is 0 Å². The van der Waals surface area contributed by atoms with Crippen molar-refractivity contribution in [3.63, 3.8) is 0 Å². The molecule has 3 rings (SSSR count). The van der Waals surface area contributed by atoms with E-state index in [0.717, 1.165) is 5.52 Å². The molecule has 1 nitrogen and oxygen atoms in total. The van der Waals surface area contributed by atoms with E-state index in [4.69, 9.17) is 0 Å². The van der Waals surface area contributed by atoms with Gasteiger partial charge in [0.1, 0.15) is 0 Å². The third-order valence-electron chi connectivity index (χ3n) is 2.50. The molecule has 0 spiro atoms. The van der Waals surface area contributed by atoms with E-state index in [1.165, 1.54) is 16.2 Å². The fourth-order valence-electron chi connectivity index (χ4n) is 1.81. The second kappa shape index (κ2) is 4.72. The SMILES string of the molecule is [KH].c1ccc2c(c1)cnc1ccccc12. The summed E-state index contributed by atoms with van der Waals surface area (Å²) in [4.78, 5) is 4.41. The summed E-state index contributed by atoms with van der Waals surface area (Å²) >= 11 is 0. The van der Waals surface area contributed by atoms with E-state index in [1.54, 1.807) is 0 Å². The zero-order valence-electron chi connectivity index (χ0n) is 7.64. The van der Waals surface area contributed by atoms with E-state index in [1.807, 2.05) is 24.4 Å². The van der Waals surface area contributed by atoms with Crippen LogP contribution in [-0.2, 0) is 0 Å². The first-order valence-electron chi connectivity index (χ1n) is 4.68. The van der Waals surface area contributed by atoms with Crippen molar-refractivity contribution in [2.75, 3.05) is 0 Å². The van der Waals surface area contributed by atoms with Gasteiger partial charge < -0.3 is 0 Å². The molecule has 0 amide bonds. The van der Waals surface area contributed by atoms with Crippen molar-refractivity contribution in [3.05, 3.63) is 54.7 Å². The van der Waals surface area contributed by atoms with Gasteiger partial charge in [-0.25, -0.2) is 0 Å². The maximum Gasteiger partial charge on any atom is 0.0708 e. The Morgan fingerprint density at radius 1 is 0.733 bits per heavy atom. The summed E-state index contributed by atoms with van der Waals surface area (Å²) in [6.45, 7) is 0. The van der Waals surface area contributed by atoms with Crippen LogP contribution in [0.3, 0.4) is 0 Å². The molecule has 0 saturated carbocycles. The predicted octanol–water partition coefficient (Wildman–Crippen LogP) is 2.74. The van der Waals surface area contributed by atoms with E-state index in [9.17, 15) is 0 Å². The molecule has 0 N–H and O–H groups in total. The van der Waals surface area contributed by atoms with Crippen molar-refractivity contribution in [3.8, 4) is 0 Å². The van der Waals surface area contributed by atoms with Crippen molar-refractivity contribution in [2.45, 2.75) is 0 Å². The predicted molar refractivity (Wildman–Crippen MR) is 66.4 cm³/mol. The van der Waals surface area contributed by atoms with Crippen LogP contribution >= 0.6 is 0 Å². The van der Waals surface area contributed by atoms with Crippen LogP contribution in [0.1, 0.15) is 0 Å². The Kier molecular flexibility index (Phi) is 3.54. The molecule has 68 valence electrons. The number of pyridine rings is 1. The minimum atomic E-state index is 0. The molecule has 15 heavy (non-hydrogen) atoms. The molecule has 1 aromatic heterocycles. The number of aromatic nitrogens is 1. The first kappa shape index (κ1) is 11.2. The summed E-state index contributed by atoms with van der Waals surface area (Å²) in [6, 6.07) is 16.6. The van der Waals surface area contributed by atoms with Crippen LogP contribution in [-0.4, -0.2) is 56.4 Å². The van der Waals surface area contributed by atoms with Crippen molar-refractivity contribution in [1.29, 1.82) is 0 Å². The minimum absolute atomic E-state index is 0. The van der Waals surface area contributed by atoms with E-state index < -0.39 is 0 Å². The second-order valence-electron chi connectivity index (χ2n) is 3.36. The van der Waals surface area contributed by atoms with Crippen molar-refractivity contribution in [2.24, 2.45) is 0 Å². The van der Waals surface area contributed by atoms with Crippen LogP contribution in [0.25, 0.3) is 21.7 Å². The van der Waals surface area contributed by atoms with Gasteiger partial charge in [-0.3, -0.25) is 4.98 Å². The molecule has 0 bridgehead atoms. The summed E-state index contributed by atoms with van der Waals surface area (Å²) in [6.07, 6.45) is 1.93. The molecule has 2 heteroatoms. The largest absolute Gasteiger partial charge is 0.256 e. The number of fused-ring (bicyclic) bond motifs is 3. The first-order valence-corrected chi connectivity index (χ1v) is 4.68. The minimum Gasteiger partial charge on any atom is -0.256 e. The molecule has 0 saturated heterocycles. The fraction of sp³-hybridized carbons (Fsp3) is 0. The van der Waals surface area contributed by atoms with Crippen LogP contribution in [0.2, 0.25) is 0 Å². The van der Waals surface area contributed by atoms with Crippen molar-refractivity contribution in [1.82, 2.24) is 4.98 Å². The zero-order chi connectivity index (χ0) is 9.38. The molecule has 0 radical (unpaired) electrons. The topological polar surface area (TPSA) is 12.9 Å². The van der Waals surface area contributed by atoms with Gasteiger partial charge in [0, 0.05) is 17.0 Å². The molecule has 0 atom stereocenters. The van der Waals surface area contributed by atoms with Crippen LogP contribution in [0.4, 0.5) is 0 Å². The molecule has 0 aliphatic heterocycles. The molecule has 1 heterocycles. The molecule has 0 unspecified atom stereocenters. The summed E-state index contributed by atoms with van der Waals surface area (Å²) in [5.74, 6) is 0. The molecule has 0 aliphatic rings. The average Bonchev–Trinajstić information content (AvgIpc) is 2.29. The maximum absolute atomic E-state index is 4.41. The van der Waals surface area contributed by atoms with Gasteiger partial charge in [-0.2, -0.15) is 0 Å². The van der Waals surface area contributed by atoms with Gasteiger partial charge in [-0.05, 0) is 11.5 Å². The van der Waals surface area contributed by atoms with Gasteiger partial charge in [0.2, 0.25) is 0 Å². The van der Waals surface area contributed by atoms with Crippen LogP contribution < -0.4 is 0 Å². The quantitative estimate of drug-likeness (QED) is 0.418. The van der Waals surface area contributed by atoms with Gasteiger partial charge in [0.05, 0.1) is 5.52 Å². The van der Waals surface area contributed by atoms with E-state index in [2.05, 4.69) is 35.3 Å². The smallest absolute Gasteiger partial charge is 0.0708 e. The van der Waals surface area contributed by atoms with Crippen LogP contribution in [0.5, 0.6) is 0 Å².